The third-order valence-corrected chi connectivity index (χ3v) is 3.87. The van der Waals surface area contributed by atoms with E-state index in [0.29, 0.717) is 32.2 Å². The molecular weight excluding hydrogens is 242 g/mol. The zero-order valence-electron chi connectivity index (χ0n) is 11.6. The molecule has 5 nitrogen and oxygen atoms in total. The van der Waals surface area contributed by atoms with Gasteiger partial charge in [-0.1, -0.05) is 0 Å². The summed E-state index contributed by atoms with van der Waals surface area (Å²) in [7, 11) is 0. The second-order valence-corrected chi connectivity index (χ2v) is 5.27. The zero-order chi connectivity index (χ0) is 13.8. The highest BCUT2D eigenvalue weighted by Gasteiger charge is 2.24. The van der Waals surface area contributed by atoms with Crippen LogP contribution in [0.3, 0.4) is 0 Å². The molecule has 0 aromatic carbocycles. The van der Waals surface area contributed by atoms with Gasteiger partial charge in [-0.15, -0.1) is 0 Å². The van der Waals surface area contributed by atoms with E-state index >= 15 is 0 Å². The molecule has 104 valence electrons. The molecule has 0 spiro atoms. The van der Waals surface area contributed by atoms with Gasteiger partial charge < -0.3 is 5.32 Å². The zero-order valence-corrected chi connectivity index (χ0v) is 11.6. The molecule has 1 aromatic rings. The van der Waals surface area contributed by atoms with Gasteiger partial charge in [0.25, 0.3) is 0 Å². The standard InChI is InChI=1S/C14H21N3O2/c1-9-13(10(2)17-16-9)7-8-15-14(19)11-3-5-12(18)6-4-11/h11H,3-8H2,1-2H3,(H,15,19)(H,16,17). The predicted octanol–water partition coefficient (Wildman–Crippen LogP) is 1.44. The lowest BCUT2D eigenvalue weighted by atomic mass is 9.88. The van der Waals surface area contributed by atoms with E-state index in [2.05, 4.69) is 15.5 Å². The van der Waals surface area contributed by atoms with Gasteiger partial charge in [-0.2, -0.15) is 5.10 Å². The number of carbonyl (C=O) groups is 2. The molecule has 0 radical (unpaired) electrons. The van der Waals surface area contributed by atoms with Crippen LogP contribution < -0.4 is 5.32 Å². The minimum atomic E-state index is 0.0178. The van der Waals surface area contributed by atoms with E-state index in [1.54, 1.807) is 0 Å². The van der Waals surface area contributed by atoms with Crippen LogP contribution in [0.4, 0.5) is 0 Å². The van der Waals surface area contributed by atoms with Crippen molar-refractivity contribution in [3.63, 3.8) is 0 Å². The third kappa shape index (κ3) is 3.43. The number of hydrogen-bond acceptors (Lipinski definition) is 3. The Morgan fingerprint density at radius 3 is 2.63 bits per heavy atom. The molecule has 1 heterocycles. The molecule has 0 saturated heterocycles. The normalized spacial score (nSPS) is 16.6. The molecule has 0 unspecified atom stereocenters. The van der Waals surface area contributed by atoms with Crippen molar-refractivity contribution in [3.8, 4) is 0 Å². The maximum atomic E-state index is 12.0. The molecule has 5 heteroatoms. The van der Waals surface area contributed by atoms with Gasteiger partial charge >= 0.3 is 0 Å². The number of nitrogens with one attached hydrogen (secondary N) is 2. The predicted molar refractivity (Wildman–Crippen MR) is 71.7 cm³/mol. The summed E-state index contributed by atoms with van der Waals surface area (Å²) >= 11 is 0. The fourth-order valence-electron chi connectivity index (χ4n) is 2.60. The number of carbonyl (C=O) groups excluding carboxylic acids is 2. The van der Waals surface area contributed by atoms with E-state index in [0.717, 1.165) is 17.8 Å². The third-order valence-electron chi connectivity index (χ3n) is 3.87. The molecular formula is C14H21N3O2. The number of nitrogens with zero attached hydrogens (tertiary/aromatic N) is 1. The van der Waals surface area contributed by atoms with Crippen molar-refractivity contribution in [1.29, 1.82) is 0 Å². The van der Waals surface area contributed by atoms with Gasteiger partial charge in [-0.25, -0.2) is 0 Å². The summed E-state index contributed by atoms with van der Waals surface area (Å²) in [4.78, 5) is 23.1. The van der Waals surface area contributed by atoms with E-state index in [1.807, 2.05) is 13.8 Å². The van der Waals surface area contributed by atoms with Crippen LogP contribution in [0.1, 0.15) is 42.6 Å². The second-order valence-electron chi connectivity index (χ2n) is 5.27. The highest BCUT2D eigenvalue weighted by molar-refractivity contribution is 5.84. The van der Waals surface area contributed by atoms with Gasteiger partial charge in [-0.3, -0.25) is 14.7 Å². The van der Waals surface area contributed by atoms with E-state index in [9.17, 15) is 9.59 Å². The Kier molecular flexibility index (Phi) is 4.35. The number of hydrogen-bond donors (Lipinski definition) is 2. The highest BCUT2D eigenvalue weighted by Crippen LogP contribution is 2.21. The minimum Gasteiger partial charge on any atom is -0.356 e. The summed E-state index contributed by atoms with van der Waals surface area (Å²) in [5.41, 5.74) is 3.24. The number of rotatable bonds is 4. The number of Topliss-reactive ketones (excluding diaryl/α,β-unsaturated/α-hetero) is 1. The van der Waals surface area contributed by atoms with Crippen molar-refractivity contribution in [1.82, 2.24) is 15.5 Å². The van der Waals surface area contributed by atoms with Crippen molar-refractivity contribution in [2.24, 2.45) is 5.92 Å². The molecule has 1 aliphatic carbocycles. The van der Waals surface area contributed by atoms with Crippen molar-refractivity contribution < 1.29 is 9.59 Å². The van der Waals surface area contributed by atoms with Crippen molar-refractivity contribution in [2.75, 3.05) is 6.54 Å². The lowest BCUT2D eigenvalue weighted by Gasteiger charge is -2.20. The number of aromatic nitrogens is 2. The van der Waals surface area contributed by atoms with Gasteiger partial charge in [0.05, 0.1) is 5.69 Å². The SMILES string of the molecule is Cc1n[nH]c(C)c1CCNC(=O)C1CCC(=O)CC1. The Morgan fingerprint density at radius 1 is 1.37 bits per heavy atom. The largest absolute Gasteiger partial charge is 0.356 e. The van der Waals surface area contributed by atoms with Crippen LogP contribution in [-0.2, 0) is 16.0 Å². The fourth-order valence-corrected chi connectivity index (χ4v) is 2.60. The number of aromatic amines is 1. The summed E-state index contributed by atoms with van der Waals surface area (Å²) in [6.45, 7) is 4.59. The van der Waals surface area contributed by atoms with Crippen LogP contribution in [0.2, 0.25) is 0 Å². The van der Waals surface area contributed by atoms with E-state index in [4.69, 9.17) is 0 Å². The molecule has 0 atom stereocenters. The first-order valence-corrected chi connectivity index (χ1v) is 6.87. The lowest BCUT2D eigenvalue weighted by molar-refractivity contribution is -0.128. The van der Waals surface area contributed by atoms with E-state index in [-0.39, 0.29) is 17.6 Å². The molecule has 1 aliphatic rings. The highest BCUT2D eigenvalue weighted by atomic mass is 16.2. The minimum absolute atomic E-state index is 0.0178. The molecule has 1 fully saturated rings. The molecule has 0 aliphatic heterocycles. The van der Waals surface area contributed by atoms with Crippen molar-refractivity contribution >= 4 is 11.7 Å². The Labute approximate surface area is 113 Å². The fraction of sp³-hybridized carbons (Fsp3) is 0.643. The lowest BCUT2D eigenvalue weighted by Crippen LogP contribution is -2.34. The number of H-pyrrole nitrogens is 1. The first-order chi connectivity index (χ1) is 9.08. The quantitative estimate of drug-likeness (QED) is 0.863. The molecule has 1 amide bonds. The maximum absolute atomic E-state index is 12.0. The molecule has 0 bridgehead atoms. The molecule has 19 heavy (non-hydrogen) atoms. The van der Waals surface area contributed by atoms with Crippen LogP contribution in [0.15, 0.2) is 0 Å². The van der Waals surface area contributed by atoms with Crippen LogP contribution in [-0.4, -0.2) is 28.4 Å². The van der Waals surface area contributed by atoms with E-state index in [1.165, 1.54) is 5.56 Å². The summed E-state index contributed by atoms with van der Waals surface area (Å²) in [5.74, 6) is 0.393. The first-order valence-electron chi connectivity index (χ1n) is 6.87. The molecule has 1 saturated carbocycles. The first kappa shape index (κ1) is 13.8. The van der Waals surface area contributed by atoms with Crippen molar-refractivity contribution in [3.05, 3.63) is 17.0 Å². The monoisotopic (exact) mass is 263 g/mol. The second kappa shape index (κ2) is 5.99. The molecule has 2 rings (SSSR count). The van der Waals surface area contributed by atoms with Gasteiger partial charge in [-0.05, 0) is 38.7 Å². The smallest absolute Gasteiger partial charge is 0.223 e. The average Bonchev–Trinajstić information content (AvgIpc) is 2.71. The summed E-state index contributed by atoms with van der Waals surface area (Å²) < 4.78 is 0. The number of amides is 1. The van der Waals surface area contributed by atoms with Crippen LogP contribution in [0, 0.1) is 19.8 Å². The molecule has 2 N–H and O–H groups in total. The molecule has 1 aromatic heterocycles. The maximum Gasteiger partial charge on any atom is 0.223 e. The van der Waals surface area contributed by atoms with Gasteiger partial charge in [0.2, 0.25) is 5.91 Å². The Bertz CT molecular complexity index is 450. The summed E-state index contributed by atoms with van der Waals surface area (Å²) in [6, 6.07) is 0. The Hall–Kier alpha value is -1.65. The van der Waals surface area contributed by atoms with Crippen LogP contribution >= 0.6 is 0 Å². The Morgan fingerprint density at radius 2 is 2.05 bits per heavy atom. The number of aryl methyl sites for hydroxylation is 2. The van der Waals surface area contributed by atoms with Crippen LogP contribution in [0.5, 0.6) is 0 Å². The number of ketones is 1. The summed E-state index contributed by atoms with van der Waals surface area (Å²) in [5, 5.41) is 10.0. The van der Waals surface area contributed by atoms with Gasteiger partial charge in [0.15, 0.2) is 0 Å². The van der Waals surface area contributed by atoms with E-state index < -0.39 is 0 Å². The van der Waals surface area contributed by atoms with Gasteiger partial charge in [0, 0.05) is 31.0 Å². The topological polar surface area (TPSA) is 74.8 Å². The average molecular weight is 263 g/mol. The Balaban J connectivity index is 1.76. The van der Waals surface area contributed by atoms with Crippen molar-refractivity contribution in [2.45, 2.75) is 46.0 Å². The summed E-state index contributed by atoms with van der Waals surface area (Å²) in [6.07, 6.45) is 3.31. The van der Waals surface area contributed by atoms with Gasteiger partial charge in [0.1, 0.15) is 5.78 Å². The van der Waals surface area contributed by atoms with Crippen LogP contribution in [0.25, 0.3) is 0 Å².